The number of imidazole rings is 1. The zero-order valence-electron chi connectivity index (χ0n) is 15.5. The number of hydroxylamine groups is 1. The van der Waals surface area contributed by atoms with Gasteiger partial charge in [-0.15, -0.1) is 0 Å². The topological polar surface area (TPSA) is 67.2 Å². The van der Waals surface area contributed by atoms with Gasteiger partial charge < -0.3 is 4.57 Å². The SMILES string of the molecule is O=C(NO)c1ccc(-c2nc3ccccc3n2Cc2ccc(C(F)(F)F)cc2)cc1. The van der Waals surface area contributed by atoms with Gasteiger partial charge >= 0.3 is 6.18 Å². The number of nitrogens with zero attached hydrogens (tertiary/aromatic N) is 2. The lowest BCUT2D eigenvalue weighted by Crippen LogP contribution is -2.18. The van der Waals surface area contributed by atoms with Crippen molar-refractivity contribution in [2.75, 3.05) is 0 Å². The van der Waals surface area contributed by atoms with Gasteiger partial charge in [0.25, 0.3) is 5.91 Å². The molecule has 1 heterocycles. The lowest BCUT2D eigenvalue weighted by atomic mass is 10.1. The number of carbonyl (C=O) groups excluding carboxylic acids is 1. The van der Waals surface area contributed by atoms with E-state index in [0.29, 0.717) is 17.9 Å². The molecule has 2 N–H and O–H groups in total. The van der Waals surface area contributed by atoms with E-state index in [9.17, 15) is 18.0 Å². The molecule has 8 heteroatoms. The van der Waals surface area contributed by atoms with E-state index in [2.05, 4.69) is 4.98 Å². The molecule has 0 aliphatic carbocycles. The summed E-state index contributed by atoms with van der Waals surface area (Å²) >= 11 is 0. The lowest BCUT2D eigenvalue weighted by molar-refractivity contribution is -0.137. The molecule has 0 fully saturated rings. The summed E-state index contributed by atoms with van der Waals surface area (Å²) in [6, 6.07) is 19.0. The van der Waals surface area contributed by atoms with Crippen LogP contribution in [0.4, 0.5) is 13.2 Å². The molecule has 3 aromatic carbocycles. The Morgan fingerprint density at radius 2 is 1.63 bits per heavy atom. The number of benzene rings is 3. The summed E-state index contributed by atoms with van der Waals surface area (Å²) in [6.07, 6.45) is -4.38. The van der Waals surface area contributed by atoms with Crippen molar-refractivity contribution in [3.63, 3.8) is 0 Å². The van der Waals surface area contributed by atoms with Crippen LogP contribution in [0.1, 0.15) is 21.5 Å². The molecule has 1 amide bonds. The fraction of sp³-hybridized carbons (Fsp3) is 0.0909. The number of hydrogen-bond acceptors (Lipinski definition) is 3. The molecule has 0 unspecified atom stereocenters. The predicted octanol–water partition coefficient (Wildman–Crippen LogP) is 4.89. The van der Waals surface area contributed by atoms with Gasteiger partial charge in [0.05, 0.1) is 16.6 Å². The van der Waals surface area contributed by atoms with Crippen molar-refractivity contribution in [2.45, 2.75) is 12.7 Å². The minimum Gasteiger partial charge on any atom is -0.319 e. The number of hydrogen-bond donors (Lipinski definition) is 2. The third kappa shape index (κ3) is 3.77. The number of alkyl halides is 3. The third-order valence-electron chi connectivity index (χ3n) is 4.78. The molecular weight excluding hydrogens is 395 g/mol. The van der Waals surface area contributed by atoms with Crippen LogP contribution in [-0.4, -0.2) is 20.7 Å². The molecule has 5 nitrogen and oxygen atoms in total. The van der Waals surface area contributed by atoms with E-state index >= 15 is 0 Å². The number of rotatable bonds is 4. The second-order valence-electron chi connectivity index (χ2n) is 6.72. The molecule has 152 valence electrons. The molecule has 0 radical (unpaired) electrons. The van der Waals surface area contributed by atoms with E-state index in [4.69, 9.17) is 5.21 Å². The lowest BCUT2D eigenvalue weighted by Gasteiger charge is -2.12. The minimum atomic E-state index is -4.38. The summed E-state index contributed by atoms with van der Waals surface area (Å²) in [5.74, 6) is -0.00754. The fourth-order valence-electron chi connectivity index (χ4n) is 3.27. The average Bonchev–Trinajstić information content (AvgIpc) is 3.11. The van der Waals surface area contributed by atoms with Crippen LogP contribution >= 0.6 is 0 Å². The van der Waals surface area contributed by atoms with Crippen LogP contribution in [0, 0.1) is 0 Å². The Labute approximate surface area is 169 Å². The highest BCUT2D eigenvalue weighted by Gasteiger charge is 2.30. The molecule has 0 saturated heterocycles. The van der Waals surface area contributed by atoms with Crippen molar-refractivity contribution >= 4 is 16.9 Å². The van der Waals surface area contributed by atoms with Gasteiger partial charge in [-0.2, -0.15) is 13.2 Å². The van der Waals surface area contributed by atoms with Gasteiger partial charge in [0.15, 0.2) is 0 Å². The predicted molar refractivity (Wildman–Crippen MR) is 105 cm³/mol. The first kappa shape index (κ1) is 19.7. The third-order valence-corrected chi connectivity index (χ3v) is 4.78. The fourth-order valence-corrected chi connectivity index (χ4v) is 3.27. The highest BCUT2D eigenvalue weighted by molar-refractivity contribution is 5.93. The van der Waals surface area contributed by atoms with Crippen molar-refractivity contribution in [1.82, 2.24) is 15.0 Å². The van der Waals surface area contributed by atoms with Crippen LogP contribution in [0.2, 0.25) is 0 Å². The number of carbonyl (C=O) groups is 1. The highest BCUT2D eigenvalue weighted by Crippen LogP contribution is 2.30. The minimum absolute atomic E-state index is 0.284. The molecule has 0 spiro atoms. The normalized spacial score (nSPS) is 11.6. The summed E-state index contributed by atoms with van der Waals surface area (Å²) in [4.78, 5) is 16.2. The zero-order chi connectivity index (χ0) is 21.3. The summed E-state index contributed by atoms with van der Waals surface area (Å²) < 4.78 is 40.5. The molecule has 1 aromatic heterocycles. The van der Waals surface area contributed by atoms with E-state index in [1.165, 1.54) is 12.1 Å². The number of fused-ring (bicyclic) bond motifs is 1. The maximum atomic E-state index is 12.8. The molecule has 0 aliphatic rings. The first-order valence-electron chi connectivity index (χ1n) is 9.03. The molecule has 4 aromatic rings. The molecule has 0 atom stereocenters. The van der Waals surface area contributed by atoms with Crippen LogP contribution in [0.5, 0.6) is 0 Å². The molecular formula is C22H16F3N3O2. The van der Waals surface area contributed by atoms with E-state index in [1.807, 2.05) is 28.8 Å². The van der Waals surface area contributed by atoms with Crippen LogP contribution in [-0.2, 0) is 12.7 Å². The summed E-state index contributed by atoms with van der Waals surface area (Å²) in [5, 5.41) is 8.76. The van der Waals surface area contributed by atoms with Crippen molar-refractivity contribution in [2.24, 2.45) is 0 Å². The first-order chi connectivity index (χ1) is 14.4. The Morgan fingerprint density at radius 1 is 0.967 bits per heavy atom. The van der Waals surface area contributed by atoms with Crippen molar-refractivity contribution in [3.05, 3.63) is 89.5 Å². The number of para-hydroxylation sites is 2. The van der Waals surface area contributed by atoms with Crippen molar-refractivity contribution in [3.8, 4) is 11.4 Å². The number of aromatic nitrogens is 2. The van der Waals surface area contributed by atoms with E-state index in [1.54, 1.807) is 29.7 Å². The summed E-state index contributed by atoms with van der Waals surface area (Å²) in [7, 11) is 0. The van der Waals surface area contributed by atoms with E-state index in [0.717, 1.165) is 28.7 Å². The van der Waals surface area contributed by atoms with E-state index in [-0.39, 0.29) is 5.56 Å². The van der Waals surface area contributed by atoms with Crippen LogP contribution in [0.15, 0.2) is 72.8 Å². The van der Waals surface area contributed by atoms with E-state index < -0.39 is 17.6 Å². The van der Waals surface area contributed by atoms with Gasteiger partial charge in [-0.05, 0) is 42.0 Å². The zero-order valence-corrected chi connectivity index (χ0v) is 15.5. The second-order valence-corrected chi connectivity index (χ2v) is 6.72. The maximum absolute atomic E-state index is 12.8. The number of amides is 1. The molecule has 0 bridgehead atoms. The summed E-state index contributed by atoms with van der Waals surface area (Å²) in [6.45, 7) is 0.326. The molecule has 4 rings (SSSR count). The standard InChI is InChI=1S/C22H16F3N3O2/c23-22(24,25)17-11-5-14(6-12-17)13-28-19-4-2-1-3-18(19)26-20(28)15-7-9-16(10-8-15)21(29)27-30/h1-12,30H,13H2,(H,27,29). The molecule has 0 aliphatic heterocycles. The quantitative estimate of drug-likeness (QED) is 0.371. The van der Waals surface area contributed by atoms with Gasteiger partial charge in [0.1, 0.15) is 5.82 Å². The second kappa shape index (κ2) is 7.64. The summed E-state index contributed by atoms with van der Waals surface area (Å²) in [5.41, 5.74) is 4.18. The van der Waals surface area contributed by atoms with Gasteiger partial charge in [-0.3, -0.25) is 10.0 Å². The van der Waals surface area contributed by atoms with Gasteiger partial charge in [0, 0.05) is 17.7 Å². The Morgan fingerprint density at radius 3 is 2.27 bits per heavy atom. The molecule has 30 heavy (non-hydrogen) atoms. The Balaban J connectivity index is 1.75. The van der Waals surface area contributed by atoms with Gasteiger partial charge in [-0.25, -0.2) is 10.5 Å². The Hall–Kier alpha value is -3.65. The van der Waals surface area contributed by atoms with Crippen molar-refractivity contribution in [1.29, 1.82) is 0 Å². The highest BCUT2D eigenvalue weighted by atomic mass is 19.4. The number of nitrogens with one attached hydrogen (secondary N) is 1. The van der Waals surface area contributed by atoms with Crippen LogP contribution < -0.4 is 5.48 Å². The van der Waals surface area contributed by atoms with Gasteiger partial charge in [0.2, 0.25) is 0 Å². The Kier molecular flexibility index (Phi) is 5.01. The number of halogens is 3. The maximum Gasteiger partial charge on any atom is 0.416 e. The molecule has 0 saturated carbocycles. The average molecular weight is 411 g/mol. The first-order valence-corrected chi connectivity index (χ1v) is 9.03. The largest absolute Gasteiger partial charge is 0.416 e. The smallest absolute Gasteiger partial charge is 0.319 e. The van der Waals surface area contributed by atoms with Crippen LogP contribution in [0.3, 0.4) is 0 Å². The van der Waals surface area contributed by atoms with Crippen LogP contribution in [0.25, 0.3) is 22.4 Å². The van der Waals surface area contributed by atoms with Crippen molar-refractivity contribution < 1.29 is 23.2 Å². The monoisotopic (exact) mass is 411 g/mol. The van der Waals surface area contributed by atoms with Gasteiger partial charge in [-0.1, -0.05) is 36.4 Å². The Bertz CT molecular complexity index is 1200.